The Bertz CT molecular complexity index is 341. The number of rotatable bonds is 10. The van der Waals surface area contributed by atoms with Crippen molar-refractivity contribution in [1.82, 2.24) is 0 Å². The summed E-state index contributed by atoms with van der Waals surface area (Å²) in [6.07, 6.45) is 12.1. The van der Waals surface area contributed by atoms with Crippen LogP contribution in [0.25, 0.3) is 0 Å². The summed E-state index contributed by atoms with van der Waals surface area (Å²) in [7, 11) is 0. The van der Waals surface area contributed by atoms with Crippen LogP contribution in [0.5, 0.6) is 0 Å². The Labute approximate surface area is 116 Å². The Morgan fingerprint density at radius 2 is 1.67 bits per heavy atom. The summed E-state index contributed by atoms with van der Waals surface area (Å²) < 4.78 is 0. The molecule has 0 aromatic carbocycles. The summed E-state index contributed by atoms with van der Waals surface area (Å²) in [6, 6.07) is 0. The SMILES string of the molecule is CCCCCCc1csc(CCCCC)c1C=O. The lowest BCUT2D eigenvalue weighted by Gasteiger charge is -2.02. The average Bonchev–Trinajstić information content (AvgIpc) is 2.77. The van der Waals surface area contributed by atoms with Crippen LogP contribution < -0.4 is 0 Å². The van der Waals surface area contributed by atoms with E-state index in [2.05, 4.69) is 19.2 Å². The first kappa shape index (κ1) is 15.4. The minimum atomic E-state index is 1.01. The van der Waals surface area contributed by atoms with E-state index in [1.807, 2.05) is 0 Å². The van der Waals surface area contributed by atoms with Crippen LogP contribution in [0, 0.1) is 0 Å². The molecule has 0 saturated carbocycles. The molecule has 0 unspecified atom stereocenters. The molecule has 0 radical (unpaired) electrons. The summed E-state index contributed by atoms with van der Waals surface area (Å²) in [5.74, 6) is 0. The van der Waals surface area contributed by atoms with E-state index in [1.54, 1.807) is 11.3 Å². The molecule has 0 bridgehead atoms. The van der Waals surface area contributed by atoms with E-state index in [0.717, 1.165) is 24.7 Å². The molecule has 0 fully saturated rings. The van der Waals surface area contributed by atoms with Crippen LogP contribution in [0.4, 0.5) is 0 Å². The fourth-order valence-corrected chi connectivity index (χ4v) is 3.35. The molecule has 1 aromatic rings. The lowest BCUT2D eigenvalue weighted by Crippen LogP contribution is -1.93. The standard InChI is InChI=1S/C16H26OS/c1-3-5-7-9-10-14-13-18-16(15(14)12-17)11-8-6-4-2/h12-13H,3-11H2,1-2H3. The highest BCUT2D eigenvalue weighted by atomic mass is 32.1. The number of aryl methyl sites for hydroxylation is 2. The molecule has 1 heterocycles. The van der Waals surface area contributed by atoms with Crippen molar-refractivity contribution in [3.63, 3.8) is 0 Å². The van der Waals surface area contributed by atoms with Crippen molar-refractivity contribution >= 4 is 17.6 Å². The largest absolute Gasteiger partial charge is 0.298 e. The fraction of sp³-hybridized carbons (Fsp3) is 0.688. The lowest BCUT2D eigenvalue weighted by molar-refractivity contribution is 0.112. The first-order valence-electron chi connectivity index (χ1n) is 7.37. The molecule has 18 heavy (non-hydrogen) atoms. The normalized spacial score (nSPS) is 10.8. The molecule has 0 spiro atoms. The van der Waals surface area contributed by atoms with E-state index in [4.69, 9.17) is 0 Å². The van der Waals surface area contributed by atoms with Gasteiger partial charge in [-0.05, 0) is 36.6 Å². The maximum Gasteiger partial charge on any atom is 0.151 e. The molecule has 0 N–H and O–H groups in total. The minimum Gasteiger partial charge on any atom is -0.298 e. The van der Waals surface area contributed by atoms with Gasteiger partial charge in [-0.25, -0.2) is 0 Å². The van der Waals surface area contributed by atoms with Gasteiger partial charge < -0.3 is 0 Å². The van der Waals surface area contributed by atoms with E-state index in [-0.39, 0.29) is 0 Å². The van der Waals surface area contributed by atoms with Gasteiger partial charge in [0.15, 0.2) is 6.29 Å². The van der Waals surface area contributed by atoms with Crippen molar-refractivity contribution in [3.05, 3.63) is 21.4 Å². The first-order chi connectivity index (χ1) is 8.83. The van der Waals surface area contributed by atoms with Gasteiger partial charge in [0.25, 0.3) is 0 Å². The van der Waals surface area contributed by atoms with Crippen LogP contribution in [-0.4, -0.2) is 6.29 Å². The molecule has 2 heteroatoms. The Kier molecular flexibility index (Phi) is 7.99. The van der Waals surface area contributed by atoms with Gasteiger partial charge in [0.05, 0.1) is 0 Å². The van der Waals surface area contributed by atoms with Crippen LogP contribution in [0.1, 0.15) is 79.6 Å². The number of aldehydes is 1. The summed E-state index contributed by atoms with van der Waals surface area (Å²) >= 11 is 1.78. The third-order valence-electron chi connectivity index (χ3n) is 3.41. The maximum absolute atomic E-state index is 11.2. The van der Waals surface area contributed by atoms with E-state index in [0.29, 0.717) is 0 Å². The third-order valence-corrected chi connectivity index (χ3v) is 4.53. The molecule has 0 atom stereocenters. The summed E-state index contributed by atoms with van der Waals surface area (Å²) in [6.45, 7) is 4.45. The van der Waals surface area contributed by atoms with Gasteiger partial charge in [-0.1, -0.05) is 46.0 Å². The van der Waals surface area contributed by atoms with Gasteiger partial charge in [0, 0.05) is 10.4 Å². The zero-order valence-corrected chi connectivity index (χ0v) is 12.7. The average molecular weight is 266 g/mol. The number of hydrogen-bond donors (Lipinski definition) is 0. The monoisotopic (exact) mass is 266 g/mol. The second-order valence-corrected chi connectivity index (χ2v) is 5.95. The minimum absolute atomic E-state index is 1.01. The van der Waals surface area contributed by atoms with E-state index in [1.165, 1.54) is 55.4 Å². The number of hydrogen-bond acceptors (Lipinski definition) is 2. The summed E-state index contributed by atoms with van der Waals surface area (Å²) in [4.78, 5) is 12.5. The number of carbonyl (C=O) groups excluding carboxylic acids is 1. The zero-order valence-electron chi connectivity index (χ0n) is 11.8. The van der Waals surface area contributed by atoms with Crippen molar-refractivity contribution in [2.45, 2.75) is 71.6 Å². The summed E-state index contributed by atoms with van der Waals surface area (Å²) in [5, 5.41) is 2.21. The van der Waals surface area contributed by atoms with E-state index in [9.17, 15) is 4.79 Å². The van der Waals surface area contributed by atoms with Gasteiger partial charge in [-0.2, -0.15) is 0 Å². The molecule has 1 nitrogen and oxygen atoms in total. The van der Waals surface area contributed by atoms with Crippen molar-refractivity contribution in [2.75, 3.05) is 0 Å². The highest BCUT2D eigenvalue weighted by Crippen LogP contribution is 2.25. The Morgan fingerprint density at radius 1 is 1.00 bits per heavy atom. The molecule has 0 aliphatic carbocycles. The summed E-state index contributed by atoms with van der Waals surface area (Å²) in [5.41, 5.74) is 2.30. The van der Waals surface area contributed by atoms with Gasteiger partial charge in [0.1, 0.15) is 0 Å². The molecular weight excluding hydrogens is 240 g/mol. The fourth-order valence-electron chi connectivity index (χ4n) is 2.25. The van der Waals surface area contributed by atoms with Crippen molar-refractivity contribution in [2.24, 2.45) is 0 Å². The molecular formula is C16H26OS. The molecule has 0 amide bonds. The zero-order chi connectivity index (χ0) is 13.2. The van der Waals surface area contributed by atoms with Crippen LogP contribution in [0.3, 0.4) is 0 Å². The smallest absolute Gasteiger partial charge is 0.151 e. The quantitative estimate of drug-likeness (QED) is 0.408. The number of carbonyl (C=O) groups is 1. The van der Waals surface area contributed by atoms with Gasteiger partial charge >= 0.3 is 0 Å². The Morgan fingerprint density at radius 3 is 2.33 bits per heavy atom. The highest BCUT2D eigenvalue weighted by molar-refractivity contribution is 7.10. The van der Waals surface area contributed by atoms with Gasteiger partial charge in [-0.3, -0.25) is 4.79 Å². The molecule has 0 aliphatic rings. The third kappa shape index (κ3) is 4.93. The Balaban J connectivity index is 2.49. The predicted octanol–water partition coefficient (Wildman–Crippen LogP) is 5.42. The van der Waals surface area contributed by atoms with Crippen molar-refractivity contribution in [3.8, 4) is 0 Å². The van der Waals surface area contributed by atoms with E-state index < -0.39 is 0 Å². The topological polar surface area (TPSA) is 17.1 Å². The maximum atomic E-state index is 11.2. The Hall–Kier alpha value is -0.630. The first-order valence-corrected chi connectivity index (χ1v) is 8.25. The molecule has 0 aliphatic heterocycles. The number of thiophene rings is 1. The molecule has 1 rings (SSSR count). The van der Waals surface area contributed by atoms with Crippen molar-refractivity contribution in [1.29, 1.82) is 0 Å². The molecule has 102 valence electrons. The van der Waals surface area contributed by atoms with Gasteiger partial charge in [-0.15, -0.1) is 11.3 Å². The lowest BCUT2D eigenvalue weighted by atomic mass is 10.0. The van der Waals surface area contributed by atoms with Crippen LogP contribution in [0.15, 0.2) is 5.38 Å². The molecule has 1 aromatic heterocycles. The van der Waals surface area contributed by atoms with E-state index >= 15 is 0 Å². The predicted molar refractivity (Wildman–Crippen MR) is 80.8 cm³/mol. The highest BCUT2D eigenvalue weighted by Gasteiger charge is 2.10. The van der Waals surface area contributed by atoms with Crippen LogP contribution >= 0.6 is 11.3 Å². The van der Waals surface area contributed by atoms with Gasteiger partial charge in [0.2, 0.25) is 0 Å². The van der Waals surface area contributed by atoms with Crippen molar-refractivity contribution < 1.29 is 4.79 Å². The molecule has 0 saturated heterocycles. The second kappa shape index (κ2) is 9.32. The second-order valence-electron chi connectivity index (χ2n) is 4.98. The van der Waals surface area contributed by atoms with Crippen LogP contribution in [-0.2, 0) is 12.8 Å². The van der Waals surface area contributed by atoms with Crippen LogP contribution in [0.2, 0.25) is 0 Å². The number of unbranched alkanes of at least 4 members (excludes halogenated alkanes) is 5.